The van der Waals surface area contributed by atoms with E-state index in [1.807, 2.05) is 27.7 Å². The summed E-state index contributed by atoms with van der Waals surface area (Å²) >= 11 is 0. The van der Waals surface area contributed by atoms with E-state index in [1.54, 1.807) is 11.0 Å². The Balaban J connectivity index is 2.24. The third-order valence-corrected chi connectivity index (χ3v) is 4.46. The van der Waals surface area contributed by atoms with Crippen LogP contribution in [0.1, 0.15) is 40.5 Å². The van der Waals surface area contributed by atoms with E-state index in [0.717, 1.165) is 6.42 Å². The molecule has 2 saturated heterocycles. The summed E-state index contributed by atoms with van der Waals surface area (Å²) in [4.78, 5) is 13.9. The first kappa shape index (κ1) is 15.3. The van der Waals surface area contributed by atoms with Crippen LogP contribution in [0.4, 0.5) is 4.79 Å². The Morgan fingerprint density at radius 1 is 1.60 bits per heavy atom. The van der Waals surface area contributed by atoms with Crippen molar-refractivity contribution in [3.63, 3.8) is 0 Å². The van der Waals surface area contributed by atoms with Crippen LogP contribution in [0.25, 0.3) is 0 Å². The highest BCUT2D eigenvalue weighted by molar-refractivity contribution is 5.69. The Bertz CT molecular complexity index is 417. The van der Waals surface area contributed by atoms with Gasteiger partial charge in [0.2, 0.25) is 0 Å². The van der Waals surface area contributed by atoms with Crippen molar-refractivity contribution >= 4 is 6.09 Å². The third-order valence-electron chi connectivity index (χ3n) is 4.46. The van der Waals surface area contributed by atoms with Crippen molar-refractivity contribution in [3.8, 4) is 0 Å². The molecule has 5 heteroatoms. The highest BCUT2D eigenvalue weighted by Gasteiger charge is 2.66. The van der Waals surface area contributed by atoms with Gasteiger partial charge in [0, 0.05) is 6.04 Å². The first-order valence-electron chi connectivity index (χ1n) is 7.12. The van der Waals surface area contributed by atoms with Crippen LogP contribution in [0.2, 0.25) is 0 Å². The largest absolute Gasteiger partial charge is 0.444 e. The smallest absolute Gasteiger partial charge is 0.410 e. The molecule has 1 unspecified atom stereocenters. The summed E-state index contributed by atoms with van der Waals surface area (Å²) in [6.07, 6.45) is 2.72. The van der Waals surface area contributed by atoms with Crippen molar-refractivity contribution in [1.82, 2.24) is 4.90 Å². The number of amides is 1. The number of β-amino-alcohol motifs (C(OH)–C–C–N with tert-alkyl or cyclic N) is 1. The van der Waals surface area contributed by atoms with Crippen molar-refractivity contribution in [1.29, 1.82) is 0 Å². The molecule has 0 aliphatic carbocycles. The summed E-state index contributed by atoms with van der Waals surface area (Å²) in [5.41, 5.74) is -1.03. The number of hydrogen-bond donors (Lipinski definition) is 1. The summed E-state index contributed by atoms with van der Waals surface area (Å²) in [7, 11) is 0. The van der Waals surface area contributed by atoms with Gasteiger partial charge < -0.3 is 14.6 Å². The van der Waals surface area contributed by atoms with E-state index in [1.165, 1.54) is 0 Å². The zero-order valence-corrected chi connectivity index (χ0v) is 12.8. The van der Waals surface area contributed by atoms with Gasteiger partial charge >= 0.3 is 6.09 Å². The number of rotatable bonds is 2. The van der Waals surface area contributed by atoms with Gasteiger partial charge in [-0.25, -0.2) is 4.79 Å². The molecule has 0 radical (unpaired) electrons. The molecule has 0 aromatic heterocycles. The zero-order chi connectivity index (χ0) is 15.2. The fourth-order valence-electron chi connectivity index (χ4n) is 3.38. The van der Waals surface area contributed by atoms with Crippen LogP contribution < -0.4 is 0 Å². The normalized spacial score (nSPS) is 36.9. The average molecular weight is 283 g/mol. The summed E-state index contributed by atoms with van der Waals surface area (Å²) in [6.45, 7) is 11.9. The fraction of sp³-hybridized carbons (Fsp3) is 0.800. The van der Waals surface area contributed by atoms with E-state index in [-0.39, 0.29) is 12.6 Å². The van der Waals surface area contributed by atoms with Crippen molar-refractivity contribution in [3.05, 3.63) is 12.7 Å². The number of ether oxygens (including phenoxy) is 2. The van der Waals surface area contributed by atoms with Crippen molar-refractivity contribution in [2.75, 3.05) is 13.2 Å². The van der Waals surface area contributed by atoms with Crippen molar-refractivity contribution in [2.45, 2.75) is 58.0 Å². The Morgan fingerprint density at radius 3 is 2.80 bits per heavy atom. The lowest BCUT2D eigenvalue weighted by atomic mass is 9.73. The number of hydrogen-bond acceptors (Lipinski definition) is 4. The van der Waals surface area contributed by atoms with Crippen LogP contribution in [0.5, 0.6) is 0 Å². The van der Waals surface area contributed by atoms with Crippen LogP contribution in [-0.2, 0) is 9.47 Å². The minimum Gasteiger partial charge on any atom is -0.444 e. The van der Waals surface area contributed by atoms with Crippen molar-refractivity contribution in [2.24, 2.45) is 5.41 Å². The highest BCUT2D eigenvalue weighted by atomic mass is 16.6. The maximum atomic E-state index is 12.3. The molecule has 0 saturated carbocycles. The maximum absolute atomic E-state index is 12.3. The molecule has 0 aromatic carbocycles. The standard InChI is InChI=1S/C15H25NO4/c1-6-7-14-8-9-19-15(14,18)10-16(11(14)2)12(17)20-13(3,4)5/h6,11,18H,1,7-10H2,2-5H3/t11-,14-,15?/m1/s1. The molecule has 2 heterocycles. The van der Waals surface area contributed by atoms with Gasteiger partial charge in [0.25, 0.3) is 0 Å². The molecular formula is C15H25NO4. The van der Waals surface area contributed by atoms with Gasteiger partial charge in [-0.2, -0.15) is 0 Å². The lowest BCUT2D eigenvalue weighted by Gasteiger charge is -2.36. The Labute approximate surface area is 120 Å². The van der Waals surface area contributed by atoms with Gasteiger partial charge in [0.05, 0.1) is 18.6 Å². The molecular weight excluding hydrogens is 258 g/mol. The molecule has 0 spiro atoms. The maximum Gasteiger partial charge on any atom is 0.410 e. The molecule has 0 aromatic rings. The Kier molecular flexibility index (Phi) is 3.63. The van der Waals surface area contributed by atoms with E-state index in [9.17, 15) is 9.90 Å². The predicted molar refractivity (Wildman–Crippen MR) is 75.2 cm³/mol. The number of aliphatic hydroxyl groups is 1. The third kappa shape index (κ3) is 2.23. The van der Waals surface area contributed by atoms with E-state index < -0.39 is 22.9 Å². The van der Waals surface area contributed by atoms with Crippen molar-refractivity contribution < 1.29 is 19.4 Å². The number of carbonyl (C=O) groups is 1. The summed E-state index contributed by atoms with van der Waals surface area (Å²) in [5, 5.41) is 10.8. The van der Waals surface area contributed by atoms with Gasteiger partial charge in [0.15, 0.2) is 5.79 Å². The number of fused-ring (bicyclic) bond motifs is 1. The summed E-state index contributed by atoms with van der Waals surface area (Å²) in [5.74, 6) is -1.29. The van der Waals surface area contributed by atoms with Gasteiger partial charge in [-0.1, -0.05) is 6.08 Å². The minimum absolute atomic E-state index is 0.150. The molecule has 5 nitrogen and oxygen atoms in total. The van der Waals surface area contributed by atoms with Gasteiger partial charge in [-0.05, 0) is 40.5 Å². The molecule has 2 aliphatic rings. The Hall–Kier alpha value is -1.07. The topological polar surface area (TPSA) is 59.0 Å². The Morgan fingerprint density at radius 2 is 2.25 bits per heavy atom. The minimum atomic E-state index is -1.29. The second-order valence-electron chi connectivity index (χ2n) is 6.82. The molecule has 1 amide bonds. The van der Waals surface area contributed by atoms with Gasteiger partial charge in [-0.3, -0.25) is 4.90 Å². The van der Waals surface area contributed by atoms with E-state index >= 15 is 0 Å². The molecule has 20 heavy (non-hydrogen) atoms. The lowest BCUT2D eigenvalue weighted by molar-refractivity contribution is -0.204. The predicted octanol–water partition coefficient (Wildman–Crippen LogP) is 2.30. The SMILES string of the molecule is C=CC[C@]12CCOC1(O)CN(C(=O)OC(C)(C)C)[C@@H]2C. The van der Waals surface area contributed by atoms with E-state index in [2.05, 4.69) is 6.58 Å². The van der Waals surface area contributed by atoms with Crippen LogP contribution in [0.3, 0.4) is 0 Å². The zero-order valence-electron chi connectivity index (χ0n) is 12.8. The van der Waals surface area contributed by atoms with Crippen LogP contribution in [0.15, 0.2) is 12.7 Å². The molecule has 2 fully saturated rings. The monoisotopic (exact) mass is 283 g/mol. The second-order valence-corrected chi connectivity index (χ2v) is 6.82. The molecule has 2 rings (SSSR count). The van der Waals surface area contributed by atoms with E-state index in [0.29, 0.717) is 13.0 Å². The molecule has 2 aliphatic heterocycles. The van der Waals surface area contributed by atoms with Crippen LogP contribution >= 0.6 is 0 Å². The number of allylic oxidation sites excluding steroid dienone is 1. The van der Waals surface area contributed by atoms with Gasteiger partial charge in [0.1, 0.15) is 5.60 Å². The average Bonchev–Trinajstić information content (AvgIpc) is 2.71. The summed E-state index contributed by atoms with van der Waals surface area (Å²) < 4.78 is 11.0. The van der Waals surface area contributed by atoms with Crippen LogP contribution in [0, 0.1) is 5.41 Å². The molecule has 0 bridgehead atoms. The second kappa shape index (κ2) is 4.74. The highest BCUT2D eigenvalue weighted by Crippen LogP contribution is 2.54. The number of likely N-dealkylation sites (tertiary alicyclic amines) is 1. The molecule has 3 atom stereocenters. The summed E-state index contributed by atoms with van der Waals surface area (Å²) in [6, 6.07) is -0.150. The van der Waals surface area contributed by atoms with Crippen LogP contribution in [-0.4, -0.2) is 46.7 Å². The molecule has 114 valence electrons. The number of nitrogens with zero attached hydrogens (tertiary/aromatic N) is 1. The first-order valence-corrected chi connectivity index (χ1v) is 7.12. The lowest BCUT2D eigenvalue weighted by Crippen LogP contribution is -2.46. The first-order chi connectivity index (χ1) is 9.15. The quantitative estimate of drug-likeness (QED) is 0.790. The molecule has 1 N–H and O–H groups in total. The fourth-order valence-corrected chi connectivity index (χ4v) is 3.38. The van der Waals surface area contributed by atoms with Gasteiger partial charge in [-0.15, -0.1) is 6.58 Å². The number of carbonyl (C=O) groups excluding carboxylic acids is 1. The van der Waals surface area contributed by atoms with E-state index in [4.69, 9.17) is 9.47 Å².